The first kappa shape index (κ1) is 64.5. The number of carbonyl (C=O) groups is 1. The first-order chi connectivity index (χ1) is 32.5. The Kier molecular flexibility index (Phi) is 53.3. The molecule has 0 saturated carbocycles. The molecule has 0 saturated heterocycles. The van der Waals surface area contributed by atoms with Crippen molar-refractivity contribution in [3.05, 3.63) is 36.5 Å². The van der Waals surface area contributed by atoms with E-state index in [1.54, 1.807) is 0 Å². The summed E-state index contributed by atoms with van der Waals surface area (Å²) in [6.45, 7) is 4.06. The number of unbranched alkanes of at least 4 members (excludes halogenated alkanes) is 39. The lowest BCUT2D eigenvalue weighted by molar-refractivity contribution is -0.132. The maximum Gasteiger partial charge on any atom is 0.249 e. The molecule has 66 heavy (non-hydrogen) atoms. The Hall–Kier alpha value is -1.47. The van der Waals surface area contributed by atoms with Crippen molar-refractivity contribution in [2.45, 2.75) is 334 Å². The van der Waals surface area contributed by atoms with E-state index < -0.39 is 36.9 Å². The molecule has 0 aromatic heterocycles. The van der Waals surface area contributed by atoms with Crippen LogP contribution in [-0.2, 0) is 4.79 Å². The smallest absolute Gasteiger partial charge is 0.249 e. The van der Waals surface area contributed by atoms with Crippen LogP contribution in [-0.4, -0.2) is 57.3 Å². The average Bonchev–Trinajstić information content (AvgIpc) is 3.32. The van der Waals surface area contributed by atoms with Crippen molar-refractivity contribution >= 4 is 5.91 Å². The van der Waals surface area contributed by atoms with Gasteiger partial charge in [-0.25, -0.2) is 0 Å². The molecule has 390 valence electrons. The van der Waals surface area contributed by atoms with Crippen LogP contribution in [0.2, 0.25) is 0 Å². The molecule has 6 nitrogen and oxygen atoms in total. The van der Waals surface area contributed by atoms with Crippen molar-refractivity contribution in [2.24, 2.45) is 0 Å². The van der Waals surface area contributed by atoms with Gasteiger partial charge in [-0.05, 0) is 77.0 Å². The van der Waals surface area contributed by atoms with E-state index in [4.69, 9.17) is 0 Å². The maximum absolute atomic E-state index is 12.6. The van der Waals surface area contributed by atoms with E-state index in [0.717, 1.165) is 51.4 Å². The quantitative estimate of drug-likeness (QED) is 0.0308. The summed E-state index contributed by atoms with van der Waals surface area (Å²) >= 11 is 0. The van der Waals surface area contributed by atoms with Crippen molar-refractivity contribution in [1.82, 2.24) is 5.32 Å². The molecule has 0 heterocycles. The fraction of sp³-hybridized carbons (Fsp3) is 0.883. The van der Waals surface area contributed by atoms with Crippen LogP contribution in [0.5, 0.6) is 0 Å². The van der Waals surface area contributed by atoms with E-state index in [-0.39, 0.29) is 0 Å². The Bertz CT molecular complexity index is 1040. The third-order valence-corrected chi connectivity index (χ3v) is 13.8. The molecule has 1 amide bonds. The largest absolute Gasteiger partial charge is 0.394 e. The number of rotatable bonds is 54. The van der Waals surface area contributed by atoms with Gasteiger partial charge in [0.25, 0.3) is 0 Å². The minimum absolute atomic E-state index is 0.353. The lowest BCUT2D eigenvalue weighted by Crippen LogP contribution is -2.53. The van der Waals surface area contributed by atoms with Gasteiger partial charge in [-0.15, -0.1) is 0 Å². The molecule has 4 unspecified atom stereocenters. The SMILES string of the molecule is CCCCCCCCCC/C=C\CCCCCCCCC(O)C(=O)NC(CO)C(O)C(O)CCC/C=C/CC/C=C/CCCCCCCCCCCCCCCCCCCCCCCCC. The van der Waals surface area contributed by atoms with Gasteiger partial charge in [-0.3, -0.25) is 4.79 Å². The molecular formula is C60H115NO5. The lowest BCUT2D eigenvalue weighted by Gasteiger charge is -2.27. The highest BCUT2D eigenvalue weighted by atomic mass is 16.3. The standard InChI is InChI=1S/C60H115NO5/c1-3-5-7-9-11-13-15-17-19-21-23-24-25-26-27-28-29-30-31-32-33-34-35-36-38-39-41-43-45-47-49-51-53-57(63)59(65)56(55-62)61-60(66)58(64)54-52-50-48-46-44-42-40-37-22-20-18-16-14-12-10-8-6-4-2/h22,37-39,45,47,56-59,62-65H,3-21,23-36,40-44,46,48-55H2,1-2H3,(H,61,66)/b37-22-,39-38+,47-45+. The second-order valence-electron chi connectivity index (χ2n) is 20.3. The highest BCUT2D eigenvalue weighted by Crippen LogP contribution is 2.17. The number of nitrogens with one attached hydrogen (secondary N) is 1. The van der Waals surface area contributed by atoms with Crippen molar-refractivity contribution < 1.29 is 25.2 Å². The third-order valence-electron chi connectivity index (χ3n) is 13.8. The molecular weight excluding hydrogens is 815 g/mol. The van der Waals surface area contributed by atoms with Gasteiger partial charge in [0.2, 0.25) is 5.91 Å². The molecule has 0 rings (SSSR count). The highest BCUT2D eigenvalue weighted by Gasteiger charge is 2.28. The molecule has 0 aromatic carbocycles. The van der Waals surface area contributed by atoms with Crippen molar-refractivity contribution in [3.63, 3.8) is 0 Å². The van der Waals surface area contributed by atoms with Crippen LogP contribution in [0.3, 0.4) is 0 Å². The van der Waals surface area contributed by atoms with Crippen LogP contribution >= 0.6 is 0 Å². The van der Waals surface area contributed by atoms with E-state index in [1.165, 1.54) is 225 Å². The van der Waals surface area contributed by atoms with Gasteiger partial charge >= 0.3 is 0 Å². The Balaban J connectivity index is 3.64. The number of hydrogen-bond donors (Lipinski definition) is 5. The van der Waals surface area contributed by atoms with Gasteiger partial charge < -0.3 is 25.7 Å². The zero-order valence-corrected chi connectivity index (χ0v) is 44.2. The predicted octanol–water partition coefficient (Wildman–Crippen LogP) is 17.2. The van der Waals surface area contributed by atoms with Crippen LogP contribution in [0.1, 0.15) is 309 Å². The predicted molar refractivity (Wildman–Crippen MR) is 288 cm³/mol. The number of carbonyl (C=O) groups excluding carboxylic acids is 1. The Labute approximate surface area is 411 Å². The van der Waals surface area contributed by atoms with Crippen LogP contribution in [0.25, 0.3) is 0 Å². The minimum Gasteiger partial charge on any atom is -0.394 e. The summed E-state index contributed by atoms with van der Waals surface area (Å²) in [4.78, 5) is 12.6. The minimum atomic E-state index is -1.29. The van der Waals surface area contributed by atoms with E-state index in [0.29, 0.717) is 19.3 Å². The second kappa shape index (κ2) is 54.5. The number of amides is 1. The van der Waals surface area contributed by atoms with Crippen LogP contribution in [0, 0.1) is 0 Å². The fourth-order valence-corrected chi connectivity index (χ4v) is 9.18. The first-order valence-electron chi connectivity index (χ1n) is 29.4. The third kappa shape index (κ3) is 47.6. The average molecular weight is 931 g/mol. The number of allylic oxidation sites excluding steroid dienone is 6. The van der Waals surface area contributed by atoms with Crippen LogP contribution in [0.4, 0.5) is 0 Å². The molecule has 0 fully saturated rings. The molecule has 6 heteroatoms. The van der Waals surface area contributed by atoms with Crippen molar-refractivity contribution in [2.75, 3.05) is 6.61 Å². The molecule has 0 radical (unpaired) electrons. The van der Waals surface area contributed by atoms with E-state index in [9.17, 15) is 25.2 Å². The molecule has 0 aliphatic carbocycles. The van der Waals surface area contributed by atoms with Crippen LogP contribution in [0.15, 0.2) is 36.5 Å². The first-order valence-corrected chi connectivity index (χ1v) is 29.4. The molecule has 0 aliphatic rings. The Morgan fingerprint density at radius 3 is 0.955 bits per heavy atom. The van der Waals surface area contributed by atoms with Crippen LogP contribution < -0.4 is 5.32 Å². The highest BCUT2D eigenvalue weighted by molar-refractivity contribution is 5.80. The van der Waals surface area contributed by atoms with Gasteiger partial charge in [0, 0.05) is 0 Å². The maximum atomic E-state index is 12.6. The Morgan fingerprint density at radius 1 is 0.364 bits per heavy atom. The summed E-state index contributed by atoms with van der Waals surface area (Å²) < 4.78 is 0. The van der Waals surface area contributed by atoms with Gasteiger partial charge in [-0.2, -0.15) is 0 Å². The molecule has 0 aliphatic heterocycles. The summed E-state index contributed by atoms with van der Waals surface area (Å²) in [7, 11) is 0. The molecule has 4 atom stereocenters. The monoisotopic (exact) mass is 930 g/mol. The van der Waals surface area contributed by atoms with Gasteiger partial charge in [0.05, 0.1) is 18.8 Å². The van der Waals surface area contributed by atoms with Gasteiger partial charge in [0.15, 0.2) is 0 Å². The Morgan fingerprint density at radius 2 is 0.636 bits per heavy atom. The zero-order chi connectivity index (χ0) is 48.1. The van der Waals surface area contributed by atoms with Crippen molar-refractivity contribution in [3.8, 4) is 0 Å². The topological polar surface area (TPSA) is 110 Å². The fourth-order valence-electron chi connectivity index (χ4n) is 9.18. The summed E-state index contributed by atoms with van der Waals surface area (Å²) in [5, 5.41) is 43.9. The van der Waals surface area contributed by atoms with Crippen molar-refractivity contribution in [1.29, 1.82) is 0 Å². The normalized spacial score (nSPS) is 14.0. The molecule has 0 aromatic rings. The van der Waals surface area contributed by atoms with E-state index in [1.807, 2.05) is 0 Å². The lowest BCUT2D eigenvalue weighted by atomic mass is 10.00. The summed E-state index contributed by atoms with van der Waals surface area (Å²) in [6.07, 6.45) is 68.0. The summed E-state index contributed by atoms with van der Waals surface area (Å²) in [5.41, 5.74) is 0. The van der Waals surface area contributed by atoms with Gasteiger partial charge in [0.1, 0.15) is 12.2 Å². The molecule has 0 spiro atoms. The summed E-state index contributed by atoms with van der Waals surface area (Å²) in [6, 6.07) is -1.01. The summed E-state index contributed by atoms with van der Waals surface area (Å²) in [5.74, 6) is -0.600. The second-order valence-corrected chi connectivity index (χ2v) is 20.3. The molecule has 5 N–H and O–H groups in total. The molecule has 0 bridgehead atoms. The van der Waals surface area contributed by atoms with Gasteiger partial charge in [-0.1, -0.05) is 269 Å². The van der Waals surface area contributed by atoms with E-state index >= 15 is 0 Å². The number of aliphatic hydroxyl groups excluding tert-OH is 4. The number of hydrogen-bond acceptors (Lipinski definition) is 5. The number of aliphatic hydroxyl groups is 4. The zero-order valence-electron chi connectivity index (χ0n) is 44.2. The van der Waals surface area contributed by atoms with E-state index in [2.05, 4.69) is 55.6 Å².